The van der Waals surface area contributed by atoms with E-state index in [1.165, 1.54) is 37.9 Å². The summed E-state index contributed by atoms with van der Waals surface area (Å²) in [7, 11) is 0. The molecule has 1 saturated carbocycles. The van der Waals surface area contributed by atoms with E-state index in [0.717, 1.165) is 29.5 Å². The van der Waals surface area contributed by atoms with E-state index in [2.05, 4.69) is 46.4 Å². The molecule has 4 unspecified atom stereocenters. The molecule has 19 heavy (non-hydrogen) atoms. The standard InChI is InChI=1S/C17H35NS/c1-6-13(3)12-19-16-10-15(17(4,5)7-2)9-8-14(16)11-18/h13-16H,6-12,18H2,1-5H3. The zero-order chi connectivity index (χ0) is 14.5. The van der Waals surface area contributed by atoms with Crippen molar-refractivity contribution in [2.24, 2.45) is 28.9 Å². The Balaban J connectivity index is 2.58. The Hall–Kier alpha value is 0.310. The third-order valence-corrected chi connectivity index (χ3v) is 7.31. The minimum absolute atomic E-state index is 0.509. The average Bonchev–Trinajstić information content (AvgIpc) is 2.44. The van der Waals surface area contributed by atoms with Crippen LogP contribution in [0.3, 0.4) is 0 Å². The van der Waals surface area contributed by atoms with E-state index in [0.29, 0.717) is 5.41 Å². The Bertz CT molecular complexity index is 252. The second kappa shape index (κ2) is 7.93. The molecule has 2 heteroatoms. The Morgan fingerprint density at radius 1 is 1.26 bits per heavy atom. The molecule has 1 fully saturated rings. The Labute approximate surface area is 125 Å². The third kappa shape index (κ3) is 4.97. The molecule has 114 valence electrons. The molecule has 0 aromatic carbocycles. The first kappa shape index (κ1) is 17.4. The predicted molar refractivity (Wildman–Crippen MR) is 89.7 cm³/mol. The van der Waals surface area contributed by atoms with E-state index in [1.807, 2.05) is 0 Å². The van der Waals surface area contributed by atoms with Crippen LogP contribution in [0.4, 0.5) is 0 Å². The van der Waals surface area contributed by atoms with Crippen LogP contribution < -0.4 is 5.73 Å². The number of thioether (sulfide) groups is 1. The molecule has 0 heterocycles. The number of hydrogen-bond donors (Lipinski definition) is 1. The largest absolute Gasteiger partial charge is 0.330 e. The highest BCUT2D eigenvalue weighted by atomic mass is 32.2. The van der Waals surface area contributed by atoms with Gasteiger partial charge in [0.2, 0.25) is 0 Å². The second-order valence-electron chi connectivity index (χ2n) is 7.23. The molecule has 0 radical (unpaired) electrons. The molecule has 1 rings (SSSR count). The van der Waals surface area contributed by atoms with Crippen LogP contribution in [-0.2, 0) is 0 Å². The minimum Gasteiger partial charge on any atom is -0.330 e. The monoisotopic (exact) mass is 285 g/mol. The van der Waals surface area contributed by atoms with Crippen molar-refractivity contribution in [3.8, 4) is 0 Å². The number of rotatable bonds is 7. The fourth-order valence-electron chi connectivity index (χ4n) is 3.07. The summed E-state index contributed by atoms with van der Waals surface area (Å²) in [5, 5.41) is 0.809. The van der Waals surface area contributed by atoms with Crippen molar-refractivity contribution in [3.63, 3.8) is 0 Å². The number of nitrogens with two attached hydrogens (primary N) is 1. The summed E-state index contributed by atoms with van der Waals surface area (Å²) in [5.41, 5.74) is 6.51. The molecule has 1 aliphatic carbocycles. The first-order chi connectivity index (χ1) is 8.94. The summed E-state index contributed by atoms with van der Waals surface area (Å²) in [6, 6.07) is 0. The van der Waals surface area contributed by atoms with Gasteiger partial charge in [0.1, 0.15) is 0 Å². The highest BCUT2D eigenvalue weighted by Crippen LogP contribution is 2.45. The summed E-state index contributed by atoms with van der Waals surface area (Å²) in [5.74, 6) is 3.83. The molecule has 0 spiro atoms. The molecule has 1 nitrogen and oxygen atoms in total. The van der Waals surface area contributed by atoms with Gasteiger partial charge in [0.05, 0.1) is 0 Å². The van der Waals surface area contributed by atoms with Gasteiger partial charge in [-0.15, -0.1) is 0 Å². The zero-order valence-electron chi connectivity index (χ0n) is 13.7. The van der Waals surface area contributed by atoms with E-state index in [-0.39, 0.29) is 0 Å². The van der Waals surface area contributed by atoms with Crippen LogP contribution in [0.25, 0.3) is 0 Å². The van der Waals surface area contributed by atoms with Gasteiger partial charge in [-0.25, -0.2) is 0 Å². The smallest absolute Gasteiger partial charge is 0.00902 e. The molecule has 0 bridgehead atoms. The average molecular weight is 286 g/mol. The maximum atomic E-state index is 6.01. The van der Waals surface area contributed by atoms with Gasteiger partial charge in [-0.2, -0.15) is 11.8 Å². The van der Waals surface area contributed by atoms with Crippen LogP contribution in [0.2, 0.25) is 0 Å². The molecular weight excluding hydrogens is 250 g/mol. The molecule has 0 aromatic heterocycles. The van der Waals surface area contributed by atoms with Crippen LogP contribution in [0, 0.1) is 23.2 Å². The Morgan fingerprint density at radius 2 is 1.95 bits per heavy atom. The van der Waals surface area contributed by atoms with Gasteiger partial charge in [-0.3, -0.25) is 0 Å². The number of hydrogen-bond acceptors (Lipinski definition) is 2. The lowest BCUT2D eigenvalue weighted by Gasteiger charge is -2.43. The Morgan fingerprint density at radius 3 is 2.47 bits per heavy atom. The van der Waals surface area contributed by atoms with Crippen molar-refractivity contribution in [2.75, 3.05) is 12.3 Å². The third-order valence-electron chi connectivity index (χ3n) is 5.54. The highest BCUT2D eigenvalue weighted by molar-refractivity contribution is 7.99. The van der Waals surface area contributed by atoms with Crippen molar-refractivity contribution in [3.05, 3.63) is 0 Å². The van der Waals surface area contributed by atoms with E-state index < -0.39 is 0 Å². The zero-order valence-corrected chi connectivity index (χ0v) is 14.6. The maximum Gasteiger partial charge on any atom is 0.00902 e. The summed E-state index contributed by atoms with van der Waals surface area (Å²) in [6.45, 7) is 12.8. The van der Waals surface area contributed by atoms with Crippen LogP contribution in [0.1, 0.15) is 66.7 Å². The van der Waals surface area contributed by atoms with Gasteiger partial charge >= 0.3 is 0 Å². The van der Waals surface area contributed by atoms with Crippen molar-refractivity contribution in [2.45, 2.75) is 72.0 Å². The molecular formula is C17H35NS. The molecule has 0 aromatic rings. The van der Waals surface area contributed by atoms with E-state index in [9.17, 15) is 0 Å². The lowest BCUT2D eigenvalue weighted by Crippen LogP contribution is -2.37. The lowest BCUT2D eigenvalue weighted by molar-refractivity contribution is 0.134. The molecule has 0 saturated heterocycles. The molecule has 4 atom stereocenters. The lowest BCUT2D eigenvalue weighted by atomic mass is 9.67. The first-order valence-electron chi connectivity index (χ1n) is 8.26. The van der Waals surface area contributed by atoms with E-state index >= 15 is 0 Å². The SMILES string of the molecule is CCC(C)CSC1CC(C(C)(C)CC)CCC1CN. The van der Waals surface area contributed by atoms with Crippen molar-refractivity contribution < 1.29 is 0 Å². The summed E-state index contributed by atoms with van der Waals surface area (Å²) in [6.07, 6.45) is 6.74. The van der Waals surface area contributed by atoms with Crippen LogP contribution in [-0.4, -0.2) is 17.5 Å². The van der Waals surface area contributed by atoms with Gasteiger partial charge in [0.15, 0.2) is 0 Å². The topological polar surface area (TPSA) is 26.0 Å². The molecule has 0 aliphatic heterocycles. The van der Waals surface area contributed by atoms with Crippen LogP contribution >= 0.6 is 11.8 Å². The predicted octanol–water partition coefficient (Wildman–Crippen LogP) is 4.95. The van der Waals surface area contributed by atoms with Crippen LogP contribution in [0.5, 0.6) is 0 Å². The van der Waals surface area contributed by atoms with E-state index in [1.54, 1.807) is 0 Å². The summed E-state index contributed by atoms with van der Waals surface area (Å²) in [4.78, 5) is 0. The second-order valence-corrected chi connectivity index (χ2v) is 8.51. The first-order valence-corrected chi connectivity index (χ1v) is 9.31. The van der Waals surface area contributed by atoms with Gasteiger partial charge in [0.25, 0.3) is 0 Å². The molecule has 0 amide bonds. The van der Waals surface area contributed by atoms with Crippen LogP contribution in [0.15, 0.2) is 0 Å². The normalized spacial score (nSPS) is 30.3. The molecule has 1 aliphatic rings. The van der Waals surface area contributed by atoms with Crippen molar-refractivity contribution >= 4 is 11.8 Å². The fraction of sp³-hybridized carbons (Fsp3) is 1.00. The fourth-order valence-corrected chi connectivity index (χ4v) is 4.77. The van der Waals surface area contributed by atoms with Crippen molar-refractivity contribution in [1.29, 1.82) is 0 Å². The maximum absolute atomic E-state index is 6.01. The van der Waals surface area contributed by atoms with Crippen molar-refractivity contribution in [1.82, 2.24) is 0 Å². The summed E-state index contributed by atoms with van der Waals surface area (Å²) < 4.78 is 0. The Kier molecular flexibility index (Phi) is 7.24. The quantitative estimate of drug-likeness (QED) is 0.716. The highest BCUT2D eigenvalue weighted by Gasteiger charge is 2.36. The van der Waals surface area contributed by atoms with Gasteiger partial charge < -0.3 is 5.73 Å². The van der Waals surface area contributed by atoms with Gasteiger partial charge in [-0.1, -0.05) is 47.5 Å². The minimum atomic E-state index is 0.509. The van der Waals surface area contributed by atoms with Gasteiger partial charge in [-0.05, 0) is 54.7 Å². The van der Waals surface area contributed by atoms with Gasteiger partial charge in [0, 0.05) is 5.25 Å². The molecule has 2 N–H and O–H groups in total. The van der Waals surface area contributed by atoms with E-state index in [4.69, 9.17) is 5.73 Å². The summed E-state index contributed by atoms with van der Waals surface area (Å²) >= 11 is 2.21.